The number of sulfonamides is 1. The van der Waals surface area contributed by atoms with Crippen LogP contribution >= 0.6 is 0 Å². The van der Waals surface area contributed by atoms with Crippen LogP contribution in [0.15, 0.2) is 29.2 Å². The van der Waals surface area contributed by atoms with Gasteiger partial charge in [-0.2, -0.15) is 0 Å². The van der Waals surface area contributed by atoms with Gasteiger partial charge in [-0.25, -0.2) is 13.6 Å². The van der Waals surface area contributed by atoms with Gasteiger partial charge in [-0.15, -0.1) is 0 Å². The number of ketones is 1. The summed E-state index contributed by atoms with van der Waals surface area (Å²) in [6, 6.07) is 5.70. The van der Waals surface area contributed by atoms with Crippen LogP contribution < -0.4 is 10.9 Å². The summed E-state index contributed by atoms with van der Waals surface area (Å²) in [5, 5.41) is 4.84. The van der Waals surface area contributed by atoms with E-state index >= 15 is 0 Å². The molecule has 84 valence electrons. The highest BCUT2D eigenvalue weighted by molar-refractivity contribution is 7.89. The van der Waals surface area contributed by atoms with Crippen molar-refractivity contribution < 1.29 is 13.2 Å². The van der Waals surface area contributed by atoms with Crippen LogP contribution in [0.5, 0.6) is 0 Å². The molecular weight excluding hydrogens is 216 g/mol. The van der Waals surface area contributed by atoms with Crippen LogP contribution in [0.1, 0.15) is 13.8 Å². The van der Waals surface area contributed by atoms with Gasteiger partial charge < -0.3 is 10.5 Å². The molecule has 15 heavy (non-hydrogen) atoms. The fourth-order valence-electron chi connectivity index (χ4n) is 0.658. The number of carbonyl (C=O) groups excluding carboxylic acids is 1. The molecule has 1 rings (SSSR count). The third-order valence-corrected chi connectivity index (χ3v) is 2.14. The van der Waals surface area contributed by atoms with E-state index in [0.29, 0.717) is 5.69 Å². The zero-order chi connectivity index (χ0) is 12.1. The SMILES string of the molecule is CC(C)=O.Nc1ccc(S(N)(=O)=O)cc1. The largest absolute Gasteiger partial charge is 0.399 e. The van der Waals surface area contributed by atoms with Gasteiger partial charge in [0.05, 0.1) is 4.90 Å². The molecule has 0 spiro atoms. The Morgan fingerprint density at radius 1 is 1.13 bits per heavy atom. The van der Waals surface area contributed by atoms with E-state index in [1.807, 2.05) is 0 Å². The minimum Gasteiger partial charge on any atom is -0.399 e. The van der Waals surface area contributed by atoms with Crippen molar-refractivity contribution in [3.8, 4) is 0 Å². The van der Waals surface area contributed by atoms with E-state index in [-0.39, 0.29) is 10.7 Å². The van der Waals surface area contributed by atoms with Gasteiger partial charge >= 0.3 is 0 Å². The van der Waals surface area contributed by atoms with E-state index in [1.165, 1.54) is 38.1 Å². The minimum atomic E-state index is -3.58. The number of hydrogen-bond acceptors (Lipinski definition) is 4. The first-order chi connectivity index (χ1) is 6.73. The van der Waals surface area contributed by atoms with Crippen molar-refractivity contribution in [1.82, 2.24) is 0 Å². The number of nitrogens with two attached hydrogens (primary N) is 2. The highest BCUT2D eigenvalue weighted by Gasteiger charge is 2.04. The summed E-state index contributed by atoms with van der Waals surface area (Å²) in [7, 11) is -3.58. The Kier molecular flexibility index (Phi) is 4.96. The van der Waals surface area contributed by atoms with Gasteiger partial charge in [0.25, 0.3) is 0 Å². The van der Waals surface area contributed by atoms with Gasteiger partial charge in [-0.3, -0.25) is 0 Å². The molecule has 0 radical (unpaired) electrons. The highest BCUT2D eigenvalue weighted by Crippen LogP contribution is 2.08. The van der Waals surface area contributed by atoms with E-state index in [9.17, 15) is 13.2 Å². The molecule has 0 saturated carbocycles. The topological polar surface area (TPSA) is 103 Å². The molecule has 4 N–H and O–H groups in total. The van der Waals surface area contributed by atoms with Crippen molar-refractivity contribution in [3.05, 3.63) is 24.3 Å². The molecule has 0 atom stereocenters. The Bertz CT molecular complexity index is 419. The van der Waals surface area contributed by atoms with Crippen molar-refractivity contribution in [1.29, 1.82) is 0 Å². The molecule has 5 nitrogen and oxygen atoms in total. The Morgan fingerprint density at radius 3 is 1.73 bits per heavy atom. The van der Waals surface area contributed by atoms with Gasteiger partial charge in [-0.1, -0.05) is 0 Å². The van der Waals surface area contributed by atoms with Gasteiger partial charge in [0, 0.05) is 5.69 Å². The lowest BCUT2D eigenvalue weighted by Gasteiger charge is -1.96. The second-order valence-electron chi connectivity index (χ2n) is 3.02. The molecule has 1 aromatic carbocycles. The molecular formula is C9H14N2O3S. The summed E-state index contributed by atoms with van der Waals surface area (Å²) in [6.45, 7) is 3.06. The Balaban J connectivity index is 0.000000423. The number of hydrogen-bond donors (Lipinski definition) is 2. The van der Waals surface area contributed by atoms with E-state index in [1.54, 1.807) is 0 Å². The average Bonchev–Trinajstić information content (AvgIpc) is 2.01. The van der Waals surface area contributed by atoms with Crippen molar-refractivity contribution >= 4 is 21.5 Å². The predicted octanol–water partition coefficient (Wildman–Crippen LogP) is 0.512. The molecule has 1 aromatic rings. The number of benzene rings is 1. The van der Waals surface area contributed by atoms with E-state index in [0.717, 1.165) is 0 Å². The van der Waals surface area contributed by atoms with Crippen LogP contribution in [0.3, 0.4) is 0 Å². The van der Waals surface area contributed by atoms with Crippen molar-refractivity contribution in [2.45, 2.75) is 18.7 Å². The number of nitrogen functional groups attached to an aromatic ring is 1. The summed E-state index contributed by atoms with van der Waals surface area (Å²) < 4.78 is 21.4. The lowest BCUT2D eigenvalue weighted by Crippen LogP contribution is -2.11. The average molecular weight is 230 g/mol. The molecule has 0 bridgehead atoms. The van der Waals surface area contributed by atoms with Crippen LogP contribution in [0, 0.1) is 0 Å². The van der Waals surface area contributed by atoms with Gasteiger partial charge in [0.1, 0.15) is 5.78 Å². The summed E-state index contributed by atoms with van der Waals surface area (Å²) in [5.41, 5.74) is 5.85. The molecule has 6 heteroatoms. The van der Waals surface area contributed by atoms with Crippen LogP contribution in [-0.2, 0) is 14.8 Å². The molecule has 0 amide bonds. The number of carbonyl (C=O) groups is 1. The number of rotatable bonds is 1. The molecule has 0 fully saturated rings. The highest BCUT2D eigenvalue weighted by atomic mass is 32.2. The molecule has 0 aliphatic heterocycles. The summed E-state index contributed by atoms with van der Waals surface area (Å²) in [5.74, 6) is 0.167. The normalized spacial score (nSPS) is 10.1. The molecule has 0 aliphatic rings. The maximum Gasteiger partial charge on any atom is 0.238 e. The monoisotopic (exact) mass is 230 g/mol. The first-order valence-electron chi connectivity index (χ1n) is 4.09. The molecule has 0 saturated heterocycles. The smallest absolute Gasteiger partial charge is 0.238 e. The molecule has 0 aromatic heterocycles. The summed E-state index contributed by atoms with van der Waals surface area (Å²) >= 11 is 0. The zero-order valence-corrected chi connectivity index (χ0v) is 9.41. The lowest BCUT2D eigenvalue weighted by molar-refractivity contribution is -0.114. The van der Waals surface area contributed by atoms with Crippen LogP contribution in [0.2, 0.25) is 0 Å². The predicted molar refractivity (Wildman–Crippen MR) is 58.6 cm³/mol. The second-order valence-corrected chi connectivity index (χ2v) is 4.58. The van der Waals surface area contributed by atoms with E-state index in [2.05, 4.69) is 0 Å². The number of anilines is 1. The van der Waals surface area contributed by atoms with Gasteiger partial charge in [-0.05, 0) is 38.1 Å². The Labute approximate surface area is 89.1 Å². The first kappa shape index (κ1) is 13.6. The molecule has 0 heterocycles. The fraction of sp³-hybridized carbons (Fsp3) is 0.222. The van der Waals surface area contributed by atoms with Crippen LogP contribution in [0.4, 0.5) is 5.69 Å². The third-order valence-electron chi connectivity index (χ3n) is 1.21. The molecule has 0 aliphatic carbocycles. The second kappa shape index (κ2) is 5.47. The summed E-state index contributed by atoms with van der Waals surface area (Å²) in [4.78, 5) is 9.52. The standard InChI is InChI=1S/C6H8N2O2S.C3H6O/c7-5-1-3-6(4-2-5)11(8,9)10;1-3(2)4/h1-4H,7H2,(H2,8,9,10);1-2H3. The quantitative estimate of drug-likeness (QED) is 0.686. The Morgan fingerprint density at radius 2 is 1.47 bits per heavy atom. The van der Waals surface area contributed by atoms with Crippen molar-refractivity contribution in [2.24, 2.45) is 5.14 Å². The fourth-order valence-corrected chi connectivity index (χ4v) is 1.17. The number of Topliss-reactive ketones (excluding diaryl/α,β-unsaturated/α-hetero) is 1. The van der Waals surface area contributed by atoms with E-state index < -0.39 is 10.0 Å². The maximum atomic E-state index is 10.7. The lowest BCUT2D eigenvalue weighted by atomic mass is 10.3. The van der Waals surface area contributed by atoms with Crippen LogP contribution in [0.25, 0.3) is 0 Å². The van der Waals surface area contributed by atoms with Crippen LogP contribution in [-0.4, -0.2) is 14.2 Å². The Hall–Kier alpha value is -1.40. The third kappa shape index (κ3) is 6.64. The maximum absolute atomic E-state index is 10.7. The van der Waals surface area contributed by atoms with E-state index in [4.69, 9.17) is 10.9 Å². The van der Waals surface area contributed by atoms with Crippen molar-refractivity contribution in [3.63, 3.8) is 0 Å². The number of primary sulfonamides is 1. The van der Waals surface area contributed by atoms with Gasteiger partial charge in [0.15, 0.2) is 0 Å². The zero-order valence-electron chi connectivity index (χ0n) is 8.60. The minimum absolute atomic E-state index is 0.0756. The van der Waals surface area contributed by atoms with Crippen molar-refractivity contribution in [2.75, 3.05) is 5.73 Å². The first-order valence-corrected chi connectivity index (χ1v) is 5.63. The summed E-state index contributed by atoms with van der Waals surface area (Å²) in [6.07, 6.45) is 0. The molecule has 0 unspecified atom stereocenters. The van der Waals surface area contributed by atoms with Gasteiger partial charge in [0.2, 0.25) is 10.0 Å².